The molecule has 2 aromatic heterocycles. The standard InChI is InChI=1S/C32H28ClFN6O4/c1-3-31(43,27-10-11-39(2)38-27)21-12-25-29(26(34)13-21)32(20-4-6-22(33)7-5-20,44-24-9-8-23(41)14-24)40(30(25)42)18-28-36-16-19(15-35)17-37-28/h4-7,10-13,16-17,24,43H,3,8-9,14,18H2,1-2H3/t24-,31?,32+/m0/s1. The molecule has 4 aromatic rings. The van der Waals surface area contributed by atoms with Crippen molar-refractivity contribution >= 4 is 23.3 Å². The highest BCUT2D eigenvalue weighted by Crippen LogP contribution is 2.50. The molecule has 0 radical (unpaired) electrons. The number of aliphatic hydroxyl groups is 1. The second-order valence-corrected chi connectivity index (χ2v) is 11.5. The normalized spacial score (nSPS) is 20.9. The number of carbonyl (C=O) groups excluding carboxylic acids is 2. The Hall–Kier alpha value is -4.50. The van der Waals surface area contributed by atoms with Crippen LogP contribution in [0.3, 0.4) is 0 Å². The second kappa shape index (κ2) is 11.2. The van der Waals surface area contributed by atoms with Crippen LogP contribution >= 0.6 is 11.6 Å². The van der Waals surface area contributed by atoms with E-state index in [0.717, 1.165) is 0 Å². The molecule has 1 aliphatic heterocycles. The zero-order chi connectivity index (χ0) is 31.2. The van der Waals surface area contributed by atoms with Crippen LogP contribution in [-0.4, -0.2) is 47.5 Å². The number of halogens is 2. The van der Waals surface area contributed by atoms with Gasteiger partial charge in [0.05, 0.1) is 35.0 Å². The van der Waals surface area contributed by atoms with Crippen LogP contribution in [0.1, 0.15) is 76.7 Å². The Kier molecular flexibility index (Phi) is 7.53. The molecule has 0 spiro atoms. The summed E-state index contributed by atoms with van der Waals surface area (Å²) in [4.78, 5) is 36.6. The van der Waals surface area contributed by atoms with Gasteiger partial charge in [-0.05, 0) is 48.7 Å². The van der Waals surface area contributed by atoms with Crippen LogP contribution in [0.15, 0.2) is 61.1 Å². The maximum atomic E-state index is 16.8. The second-order valence-electron chi connectivity index (χ2n) is 11.0. The number of hydrogen-bond acceptors (Lipinski definition) is 8. The maximum absolute atomic E-state index is 16.8. The first kappa shape index (κ1) is 29.6. The number of rotatable bonds is 8. The molecule has 1 aliphatic carbocycles. The van der Waals surface area contributed by atoms with Gasteiger partial charge in [0.1, 0.15) is 29.1 Å². The Bertz CT molecular complexity index is 1800. The molecule has 1 N–H and O–H groups in total. The monoisotopic (exact) mass is 614 g/mol. The van der Waals surface area contributed by atoms with Crippen LogP contribution in [0.4, 0.5) is 4.39 Å². The first-order valence-corrected chi connectivity index (χ1v) is 14.5. The summed E-state index contributed by atoms with van der Waals surface area (Å²) in [5.74, 6) is -1.18. The third-order valence-corrected chi connectivity index (χ3v) is 8.57. The minimum absolute atomic E-state index is 0.00645. The Morgan fingerprint density at radius 2 is 1.93 bits per heavy atom. The summed E-state index contributed by atoms with van der Waals surface area (Å²) in [6.07, 6.45) is 4.70. The van der Waals surface area contributed by atoms with Gasteiger partial charge in [-0.2, -0.15) is 10.4 Å². The molecule has 0 bridgehead atoms. The van der Waals surface area contributed by atoms with Crippen LogP contribution in [0, 0.1) is 17.1 Å². The van der Waals surface area contributed by atoms with Crippen molar-refractivity contribution in [1.82, 2.24) is 24.6 Å². The topological polar surface area (TPSA) is 134 Å². The lowest BCUT2D eigenvalue weighted by atomic mass is 9.84. The summed E-state index contributed by atoms with van der Waals surface area (Å²) in [6, 6.07) is 12.8. The number of nitriles is 1. The van der Waals surface area contributed by atoms with Gasteiger partial charge in [-0.3, -0.25) is 19.2 Å². The highest BCUT2D eigenvalue weighted by Gasteiger charge is 2.56. The summed E-state index contributed by atoms with van der Waals surface area (Å²) in [7, 11) is 1.71. The van der Waals surface area contributed by atoms with Crippen molar-refractivity contribution in [2.45, 2.75) is 56.6 Å². The molecule has 12 heteroatoms. The van der Waals surface area contributed by atoms with Gasteiger partial charge in [0.15, 0.2) is 0 Å². The molecular weight excluding hydrogens is 587 g/mol. The van der Waals surface area contributed by atoms with E-state index in [9.17, 15) is 20.0 Å². The van der Waals surface area contributed by atoms with E-state index in [-0.39, 0.29) is 53.2 Å². The van der Waals surface area contributed by atoms with Gasteiger partial charge in [-0.25, -0.2) is 14.4 Å². The first-order valence-electron chi connectivity index (χ1n) is 14.1. The number of aromatic nitrogens is 4. The Balaban J connectivity index is 1.58. The zero-order valence-electron chi connectivity index (χ0n) is 24.0. The lowest BCUT2D eigenvalue weighted by Gasteiger charge is -2.41. The molecular formula is C32H28ClFN6O4. The third kappa shape index (κ3) is 4.85. The van der Waals surface area contributed by atoms with Crippen LogP contribution < -0.4 is 0 Å². The van der Waals surface area contributed by atoms with E-state index in [4.69, 9.17) is 16.3 Å². The molecule has 1 fully saturated rings. The fourth-order valence-electron chi connectivity index (χ4n) is 6.06. The van der Waals surface area contributed by atoms with E-state index in [1.807, 2.05) is 6.07 Å². The minimum Gasteiger partial charge on any atom is -0.379 e. The molecule has 1 amide bonds. The average molecular weight is 615 g/mol. The number of fused-ring (bicyclic) bond motifs is 1. The van der Waals surface area contributed by atoms with Crippen molar-refractivity contribution < 1.29 is 23.8 Å². The number of Topliss-reactive ketones (excluding diaryl/α,β-unsaturated/α-hetero) is 1. The molecule has 6 rings (SSSR count). The van der Waals surface area contributed by atoms with Gasteiger partial charge in [0.25, 0.3) is 5.91 Å². The summed E-state index contributed by atoms with van der Waals surface area (Å²) in [5.41, 5.74) is -2.50. The lowest BCUT2D eigenvalue weighted by Crippen LogP contribution is -2.48. The lowest BCUT2D eigenvalue weighted by molar-refractivity contribution is -0.149. The van der Waals surface area contributed by atoms with Crippen molar-refractivity contribution in [2.24, 2.45) is 7.05 Å². The summed E-state index contributed by atoms with van der Waals surface area (Å²) in [6.45, 7) is 1.53. The summed E-state index contributed by atoms with van der Waals surface area (Å²) in [5, 5.41) is 25.8. The summed E-state index contributed by atoms with van der Waals surface area (Å²) < 4.78 is 25.0. The maximum Gasteiger partial charge on any atom is 0.257 e. The fraction of sp³-hybridized carbons (Fsp3) is 0.312. The molecule has 3 atom stereocenters. The van der Waals surface area contributed by atoms with E-state index in [1.165, 1.54) is 34.1 Å². The van der Waals surface area contributed by atoms with Crippen molar-refractivity contribution in [3.05, 3.63) is 111 Å². The van der Waals surface area contributed by atoms with Crippen LogP contribution in [0.2, 0.25) is 5.02 Å². The van der Waals surface area contributed by atoms with Crippen LogP contribution in [0.5, 0.6) is 0 Å². The third-order valence-electron chi connectivity index (χ3n) is 8.32. The number of ether oxygens (including phenoxy) is 1. The van der Waals surface area contributed by atoms with E-state index in [0.29, 0.717) is 29.1 Å². The first-order chi connectivity index (χ1) is 21.1. The molecule has 0 saturated heterocycles. The Labute approximate surface area is 257 Å². The predicted octanol–water partition coefficient (Wildman–Crippen LogP) is 4.52. The predicted molar refractivity (Wildman–Crippen MR) is 155 cm³/mol. The van der Waals surface area contributed by atoms with Crippen LogP contribution in [0.25, 0.3) is 0 Å². The highest BCUT2D eigenvalue weighted by atomic mass is 35.5. The smallest absolute Gasteiger partial charge is 0.257 e. The van der Waals surface area contributed by atoms with E-state index >= 15 is 4.39 Å². The van der Waals surface area contributed by atoms with Gasteiger partial charge in [0, 0.05) is 49.1 Å². The van der Waals surface area contributed by atoms with Crippen molar-refractivity contribution in [3.63, 3.8) is 0 Å². The highest BCUT2D eigenvalue weighted by molar-refractivity contribution is 6.30. The number of ketones is 1. The molecule has 10 nitrogen and oxygen atoms in total. The molecule has 2 aromatic carbocycles. The molecule has 224 valence electrons. The van der Waals surface area contributed by atoms with Crippen molar-refractivity contribution in [2.75, 3.05) is 0 Å². The van der Waals surface area contributed by atoms with Gasteiger partial charge in [-0.1, -0.05) is 30.7 Å². The molecule has 44 heavy (non-hydrogen) atoms. The quantitative estimate of drug-likeness (QED) is 0.306. The largest absolute Gasteiger partial charge is 0.379 e. The molecule has 3 heterocycles. The Morgan fingerprint density at radius 3 is 2.52 bits per heavy atom. The van der Waals surface area contributed by atoms with Crippen LogP contribution in [-0.2, 0) is 34.4 Å². The van der Waals surface area contributed by atoms with Crippen molar-refractivity contribution in [3.8, 4) is 6.07 Å². The number of benzene rings is 2. The van der Waals surface area contributed by atoms with E-state index < -0.39 is 29.2 Å². The number of nitrogens with zero attached hydrogens (tertiary/aromatic N) is 6. The van der Waals surface area contributed by atoms with Gasteiger partial charge < -0.3 is 9.84 Å². The summed E-state index contributed by atoms with van der Waals surface area (Å²) >= 11 is 6.23. The van der Waals surface area contributed by atoms with Gasteiger partial charge in [-0.15, -0.1) is 0 Å². The molecule has 1 unspecified atom stereocenters. The number of aryl methyl sites for hydroxylation is 1. The average Bonchev–Trinajstić information content (AvgIpc) is 3.71. The number of carbonyl (C=O) groups is 2. The Morgan fingerprint density at radius 1 is 1.20 bits per heavy atom. The number of hydrogen-bond donors (Lipinski definition) is 1. The van der Waals surface area contributed by atoms with E-state index in [2.05, 4.69) is 15.1 Å². The minimum atomic E-state index is -1.83. The number of amides is 1. The van der Waals surface area contributed by atoms with E-state index in [1.54, 1.807) is 50.5 Å². The van der Waals surface area contributed by atoms with Gasteiger partial charge in [0.2, 0.25) is 5.72 Å². The SMILES string of the molecule is CCC(O)(c1cc(F)c2c(c1)C(=O)N(Cc1ncc(C#N)cn1)[C@@]2(O[C@H]1CCC(=O)C1)c1ccc(Cl)cc1)c1ccn(C)n1. The fourth-order valence-corrected chi connectivity index (χ4v) is 6.18. The van der Waals surface area contributed by atoms with Crippen molar-refractivity contribution in [1.29, 1.82) is 5.26 Å². The van der Waals surface area contributed by atoms with Gasteiger partial charge >= 0.3 is 0 Å². The molecule has 1 saturated carbocycles. The zero-order valence-corrected chi connectivity index (χ0v) is 24.8. The molecule has 2 aliphatic rings.